The quantitative estimate of drug-likeness (QED) is 0.433. The standard InChI is InChI=1S/C21H17Cl2N5O3S/c1-26-18-17(19(30)27(2)21(26)31)28(20(23)25-18)11-16(29)24-14-5-3-4-6-15(14)32-13-9-7-12(22)8-10-13/h3-10H,11H2,1-2H3,(H,24,29). The van der Waals surface area contributed by atoms with Gasteiger partial charge in [0.15, 0.2) is 11.2 Å². The van der Waals surface area contributed by atoms with Gasteiger partial charge in [0, 0.05) is 28.9 Å². The van der Waals surface area contributed by atoms with Gasteiger partial charge >= 0.3 is 5.69 Å². The normalized spacial score (nSPS) is 11.1. The molecule has 1 amide bonds. The maximum absolute atomic E-state index is 12.9. The third-order valence-corrected chi connectivity index (χ3v) is 6.43. The highest BCUT2D eigenvalue weighted by Gasteiger charge is 2.20. The van der Waals surface area contributed by atoms with Gasteiger partial charge in [-0.15, -0.1) is 0 Å². The summed E-state index contributed by atoms with van der Waals surface area (Å²) in [6, 6.07) is 14.7. The van der Waals surface area contributed by atoms with E-state index in [-0.39, 0.29) is 23.0 Å². The Hall–Kier alpha value is -3.01. The molecule has 0 spiro atoms. The largest absolute Gasteiger partial charge is 0.332 e. The van der Waals surface area contributed by atoms with Crippen LogP contribution in [0.25, 0.3) is 11.2 Å². The highest BCUT2D eigenvalue weighted by Crippen LogP contribution is 2.34. The minimum Gasteiger partial charge on any atom is -0.324 e. The van der Waals surface area contributed by atoms with E-state index in [9.17, 15) is 14.4 Å². The third-order valence-electron chi connectivity index (χ3n) is 4.81. The van der Waals surface area contributed by atoms with Crippen LogP contribution in [0.2, 0.25) is 10.3 Å². The molecule has 4 rings (SSSR count). The molecule has 32 heavy (non-hydrogen) atoms. The Morgan fingerprint density at radius 2 is 1.72 bits per heavy atom. The van der Waals surface area contributed by atoms with Gasteiger partial charge in [0.05, 0.1) is 5.69 Å². The predicted molar refractivity (Wildman–Crippen MR) is 126 cm³/mol. The number of hydrogen-bond acceptors (Lipinski definition) is 5. The van der Waals surface area contributed by atoms with Crippen molar-refractivity contribution < 1.29 is 4.79 Å². The number of benzene rings is 2. The van der Waals surface area contributed by atoms with Crippen LogP contribution in [0.5, 0.6) is 0 Å². The summed E-state index contributed by atoms with van der Waals surface area (Å²) in [4.78, 5) is 43.5. The average molecular weight is 490 g/mol. The molecule has 0 aliphatic carbocycles. The van der Waals surface area contributed by atoms with Crippen molar-refractivity contribution in [1.82, 2.24) is 18.7 Å². The van der Waals surface area contributed by atoms with Gasteiger partial charge in [-0.1, -0.05) is 35.5 Å². The summed E-state index contributed by atoms with van der Waals surface area (Å²) in [6.45, 7) is -0.247. The maximum atomic E-state index is 12.9. The van der Waals surface area contributed by atoms with Crippen LogP contribution in [0, 0.1) is 0 Å². The van der Waals surface area contributed by atoms with Crippen LogP contribution in [-0.4, -0.2) is 24.6 Å². The topological polar surface area (TPSA) is 90.9 Å². The number of nitrogens with zero attached hydrogens (tertiary/aromatic N) is 4. The Morgan fingerprint density at radius 1 is 1.03 bits per heavy atom. The Labute approximate surface area is 196 Å². The second kappa shape index (κ2) is 8.85. The van der Waals surface area contributed by atoms with Crippen molar-refractivity contribution in [3.05, 3.63) is 79.7 Å². The molecular weight excluding hydrogens is 473 g/mol. The molecule has 164 valence electrons. The summed E-state index contributed by atoms with van der Waals surface area (Å²) in [7, 11) is 2.85. The van der Waals surface area contributed by atoms with Gasteiger partial charge in [-0.05, 0) is 48.0 Å². The molecule has 2 aromatic heterocycles. The number of hydrogen-bond donors (Lipinski definition) is 1. The van der Waals surface area contributed by atoms with E-state index in [1.54, 1.807) is 18.2 Å². The van der Waals surface area contributed by atoms with Crippen molar-refractivity contribution in [2.24, 2.45) is 14.1 Å². The molecule has 0 atom stereocenters. The molecule has 11 heteroatoms. The van der Waals surface area contributed by atoms with Gasteiger partial charge in [-0.3, -0.25) is 23.3 Å². The molecule has 0 radical (unpaired) electrons. The predicted octanol–water partition coefficient (Wildman–Crippen LogP) is 3.53. The van der Waals surface area contributed by atoms with Gasteiger partial charge < -0.3 is 5.32 Å². The molecule has 0 aliphatic heterocycles. The second-order valence-corrected chi connectivity index (χ2v) is 8.84. The molecule has 0 saturated carbocycles. The Morgan fingerprint density at radius 3 is 2.44 bits per heavy atom. The number of amides is 1. The number of carbonyl (C=O) groups excluding carboxylic acids is 1. The smallest absolute Gasteiger partial charge is 0.324 e. The molecule has 2 heterocycles. The zero-order chi connectivity index (χ0) is 23.0. The molecule has 0 aliphatic rings. The molecule has 0 fully saturated rings. The number of anilines is 1. The van der Waals surface area contributed by atoms with E-state index in [1.807, 2.05) is 30.3 Å². The number of carbonyl (C=O) groups is 1. The van der Waals surface area contributed by atoms with E-state index in [0.29, 0.717) is 10.7 Å². The van der Waals surface area contributed by atoms with Crippen LogP contribution in [0.4, 0.5) is 5.69 Å². The van der Waals surface area contributed by atoms with Gasteiger partial charge in [0.25, 0.3) is 5.56 Å². The molecule has 0 unspecified atom stereocenters. The van der Waals surface area contributed by atoms with Gasteiger partial charge in [0.1, 0.15) is 6.54 Å². The zero-order valence-corrected chi connectivity index (χ0v) is 19.3. The molecule has 2 aromatic carbocycles. The second-order valence-electron chi connectivity index (χ2n) is 6.95. The fourth-order valence-corrected chi connectivity index (χ4v) is 4.44. The first-order valence-corrected chi connectivity index (χ1v) is 11.0. The number of imidazole rings is 1. The lowest BCUT2D eigenvalue weighted by atomic mass is 10.3. The van der Waals surface area contributed by atoms with Crippen LogP contribution in [0.15, 0.2) is 67.9 Å². The van der Waals surface area contributed by atoms with Crippen LogP contribution >= 0.6 is 35.0 Å². The van der Waals surface area contributed by atoms with Crippen LogP contribution in [0.1, 0.15) is 0 Å². The zero-order valence-electron chi connectivity index (χ0n) is 17.0. The Balaban J connectivity index is 1.62. The molecular formula is C21H17Cl2N5O3S. The van der Waals surface area contributed by atoms with Gasteiger partial charge in [-0.25, -0.2) is 4.79 Å². The lowest BCUT2D eigenvalue weighted by molar-refractivity contribution is -0.116. The number of halogens is 2. The average Bonchev–Trinajstić information content (AvgIpc) is 3.09. The summed E-state index contributed by atoms with van der Waals surface area (Å²) < 4.78 is 3.46. The van der Waals surface area contributed by atoms with E-state index >= 15 is 0 Å². The summed E-state index contributed by atoms with van der Waals surface area (Å²) in [6.07, 6.45) is 0. The van der Waals surface area contributed by atoms with Crippen LogP contribution in [-0.2, 0) is 25.4 Å². The number of nitrogens with one attached hydrogen (secondary N) is 1. The summed E-state index contributed by atoms with van der Waals surface area (Å²) in [5.41, 5.74) is -0.290. The first-order chi connectivity index (χ1) is 15.3. The summed E-state index contributed by atoms with van der Waals surface area (Å²) >= 11 is 13.6. The lowest BCUT2D eigenvalue weighted by Crippen LogP contribution is -2.37. The minimum absolute atomic E-state index is 0.0581. The van der Waals surface area contributed by atoms with E-state index < -0.39 is 17.2 Å². The summed E-state index contributed by atoms with van der Waals surface area (Å²) in [5, 5.41) is 3.45. The molecule has 4 aromatic rings. The monoisotopic (exact) mass is 489 g/mol. The van der Waals surface area contributed by atoms with Crippen molar-refractivity contribution >= 4 is 57.7 Å². The first kappa shape index (κ1) is 22.2. The Bertz CT molecular complexity index is 1460. The van der Waals surface area contributed by atoms with Crippen molar-refractivity contribution in [3.63, 3.8) is 0 Å². The third kappa shape index (κ3) is 4.19. The number of rotatable bonds is 5. The van der Waals surface area contributed by atoms with E-state index in [2.05, 4.69) is 10.3 Å². The van der Waals surface area contributed by atoms with E-state index in [1.165, 1.54) is 35.0 Å². The number of fused-ring (bicyclic) bond motifs is 1. The van der Waals surface area contributed by atoms with Gasteiger partial charge in [0.2, 0.25) is 11.2 Å². The molecule has 8 nitrogen and oxygen atoms in total. The highest BCUT2D eigenvalue weighted by atomic mass is 35.5. The minimum atomic E-state index is -0.575. The van der Waals surface area contributed by atoms with E-state index in [0.717, 1.165) is 14.4 Å². The SMILES string of the molecule is Cn1c(=O)c2c(nc(Cl)n2CC(=O)Nc2ccccc2Sc2ccc(Cl)cc2)n(C)c1=O. The molecule has 0 saturated heterocycles. The van der Waals surface area contributed by atoms with Gasteiger partial charge in [-0.2, -0.15) is 4.98 Å². The van der Waals surface area contributed by atoms with Crippen LogP contribution < -0.4 is 16.6 Å². The number of aromatic nitrogens is 4. The van der Waals surface area contributed by atoms with Crippen molar-refractivity contribution in [2.45, 2.75) is 16.3 Å². The summed E-state index contributed by atoms with van der Waals surface area (Å²) in [5.74, 6) is -0.397. The van der Waals surface area contributed by atoms with Crippen molar-refractivity contribution in [2.75, 3.05) is 5.32 Å². The fourth-order valence-electron chi connectivity index (χ4n) is 3.19. The lowest BCUT2D eigenvalue weighted by Gasteiger charge is -2.12. The van der Waals surface area contributed by atoms with Crippen molar-refractivity contribution in [1.29, 1.82) is 0 Å². The first-order valence-electron chi connectivity index (χ1n) is 9.40. The Kier molecular flexibility index (Phi) is 6.14. The maximum Gasteiger partial charge on any atom is 0.332 e. The molecule has 1 N–H and O–H groups in total. The number of para-hydroxylation sites is 1. The van der Waals surface area contributed by atoms with Crippen molar-refractivity contribution in [3.8, 4) is 0 Å². The van der Waals surface area contributed by atoms with E-state index in [4.69, 9.17) is 23.2 Å². The fraction of sp³-hybridized carbons (Fsp3) is 0.143. The number of aryl methyl sites for hydroxylation is 1. The molecule has 0 bridgehead atoms. The highest BCUT2D eigenvalue weighted by molar-refractivity contribution is 7.99. The van der Waals surface area contributed by atoms with Crippen LogP contribution in [0.3, 0.4) is 0 Å².